The van der Waals surface area contributed by atoms with Crippen molar-refractivity contribution in [3.8, 4) is 0 Å². The van der Waals surface area contributed by atoms with E-state index in [0.717, 1.165) is 31.7 Å². The summed E-state index contributed by atoms with van der Waals surface area (Å²) in [5.74, 6) is -1.49. The van der Waals surface area contributed by atoms with Crippen molar-refractivity contribution in [2.45, 2.75) is 57.7 Å². The normalized spacial score (nSPS) is 18.6. The molecule has 2 atom stereocenters. The maximum absolute atomic E-state index is 14.7. The van der Waals surface area contributed by atoms with E-state index in [4.69, 9.17) is 11.5 Å². The zero-order valence-electron chi connectivity index (χ0n) is 18.1. The van der Waals surface area contributed by atoms with Gasteiger partial charge >= 0.3 is 0 Å². The van der Waals surface area contributed by atoms with Gasteiger partial charge in [0.05, 0.1) is 16.8 Å². The van der Waals surface area contributed by atoms with Crippen LogP contribution in [0.2, 0.25) is 0 Å². The molecule has 0 saturated heterocycles. The molecule has 176 valence electrons. The van der Waals surface area contributed by atoms with Gasteiger partial charge in [0, 0.05) is 23.2 Å². The Bertz CT molecular complexity index is 1180. The lowest BCUT2D eigenvalue weighted by atomic mass is 9.91. The quantitative estimate of drug-likeness (QED) is 0.426. The number of rotatable bonds is 7. The first-order valence-electron chi connectivity index (χ1n) is 10.8. The summed E-state index contributed by atoms with van der Waals surface area (Å²) in [6.07, 6.45) is 1.10. The maximum Gasteiger partial charge on any atom is 0.257 e. The van der Waals surface area contributed by atoms with E-state index < -0.39 is 24.7 Å². The standard InChI is InChI=1S/C22H26F3N7O/c1-11-13-8-12(6-7-18(13)32(31-11)10-19(24)25)28-21-14(20(27)33)9-15(23)22(30-21)29-17-5-3-2-4-16(17)26/h6-9,16-17,19H,2-5,10,26H2,1H3,(H2,27,33)(H2,28,29,30)/t16-,17?/m0/s1. The molecular weight excluding hydrogens is 435 g/mol. The molecule has 1 amide bonds. The minimum atomic E-state index is -2.53. The zero-order valence-corrected chi connectivity index (χ0v) is 18.1. The number of benzene rings is 1. The molecule has 0 bridgehead atoms. The van der Waals surface area contributed by atoms with Crippen LogP contribution >= 0.6 is 0 Å². The van der Waals surface area contributed by atoms with Gasteiger partial charge in [-0.05, 0) is 44.0 Å². The Morgan fingerprint density at radius 3 is 2.70 bits per heavy atom. The third-order valence-corrected chi connectivity index (χ3v) is 5.89. The van der Waals surface area contributed by atoms with Crippen LogP contribution in [0.3, 0.4) is 0 Å². The molecule has 8 nitrogen and oxygen atoms in total. The van der Waals surface area contributed by atoms with Gasteiger partial charge in [-0.2, -0.15) is 5.10 Å². The van der Waals surface area contributed by atoms with Crippen molar-refractivity contribution in [3.05, 3.63) is 41.3 Å². The number of primary amides is 1. The van der Waals surface area contributed by atoms with Crippen molar-refractivity contribution < 1.29 is 18.0 Å². The number of fused-ring (bicyclic) bond motifs is 1. The number of pyridine rings is 1. The van der Waals surface area contributed by atoms with E-state index in [2.05, 4.69) is 20.7 Å². The Hall–Kier alpha value is -3.34. The van der Waals surface area contributed by atoms with Crippen LogP contribution in [0, 0.1) is 12.7 Å². The molecule has 2 heterocycles. The summed E-state index contributed by atoms with van der Waals surface area (Å²) in [4.78, 5) is 16.2. The Morgan fingerprint density at radius 2 is 2.00 bits per heavy atom. The number of anilines is 3. The molecule has 4 rings (SSSR count). The molecule has 1 aliphatic rings. The molecule has 1 saturated carbocycles. The molecule has 1 fully saturated rings. The Labute approximate surface area is 188 Å². The largest absolute Gasteiger partial charge is 0.365 e. The Balaban J connectivity index is 1.66. The van der Waals surface area contributed by atoms with E-state index in [1.165, 1.54) is 4.68 Å². The highest BCUT2D eigenvalue weighted by Gasteiger charge is 2.24. The SMILES string of the molecule is Cc1nn(CC(F)F)c2ccc(Nc3nc(NC4CCCC[C@@H]4N)c(F)cc3C(N)=O)cc12. The summed E-state index contributed by atoms with van der Waals surface area (Å²) in [6, 6.07) is 5.78. The molecule has 0 aliphatic heterocycles. The van der Waals surface area contributed by atoms with Crippen molar-refractivity contribution in [2.24, 2.45) is 11.5 Å². The third-order valence-electron chi connectivity index (χ3n) is 5.89. The second-order valence-electron chi connectivity index (χ2n) is 8.29. The van der Waals surface area contributed by atoms with Gasteiger partial charge in [0.25, 0.3) is 12.3 Å². The predicted molar refractivity (Wildman–Crippen MR) is 120 cm³/mol. The smallest absolute Gasteiger partial charge is 0.257 e. The predicted octanol–water partition coefficient (Wildman–Crippen LogP) is 3.67. The Morgan fingerprint density at radius 1 is 1.24 bits per heavy atom. The maximum atomic E-state index is 14.7. The number of hydrogen-bond acceptors (Lipinski definition) is 6. The number of alkyl halides is 2. The number of carbonyl (C=O) groups excluding carboxylic acids is 1. The highest BCUT2D eigenvalue weighted by atomic mass is 19.3. The Kier molecular flexibility index (Phi) is 6.41. The summed E-state index contributed by atoms with van der Waals surface area (Å²) < 4.78 is 41.6. The summed E-state index contributed by atoms with van der Waals surface area (Å²) in [6.45, 7) is 1.20. The van der Waals surface area contributed by atoms with E-state index in [0.29, 0.717) is 22.3 Å². The molecule has 1 unspecified atom stereocenters. The average molecular weight is 461 g/mol. The number of amides is 1. The number of aryl methyl sites for hydroxylation is 1. The molecule has 2 aromatic heterocycles. The van der Waals surface area contributed by atoms with Crippen molar-refractivity contribution >= 4 is 34.1 Å². The fourth-order valence-corrected chi connectivity index (χ4v) is 4.21. The van der Waals surface area contributed by atoms with Gasteiger partial charge < -0.3 is 22.1 Å². The van der Waals surface area contributed by atoms with Crippen LogP contribution in [0.15, 0.2) is 24.3 Å². The highest BCUT2D eigenvalue weighted by Crippen LogP contribution is 2.29. The van der Waals surface area contributed by atoms with Crippen LogP contribution < -0.4 is 22.1 Å². The lowest BCUT2D eigenvalue weighted by Gasteiger charge is -2.30. The van der Waals surface area contributed by atoms with E-state index in [1.807, 2.05) is 0 Å². The fourth-order valence-electron chi connectivity index (χ4n) is 4.21. The highest BCUT2D eigenvalue weighted by molar-refractivity contribution is 5.99. The third kappa shape index (κ3) is 4.87. The number of carbonyl (C=O) groups is 1. The van der Waals surface area contributed by atoms with E-state index in [1.54, 1.807) is 25.1 Å². The average Bonchev–Trinajstić information content (AvgIpc) is 3.05. The van der Waals surface area contributed by atoms with Crippen molar-refractivity contribution in [1.29, 1.82) is 0 Å². The molecule has 1 aromatic carbocycles. The fraction of sp³-hybridized carbons (Fsp3) is 0.409. The van der Waals surface area contributed by atoms with Crippen molar-refractivity contribution in [1.82, 2.24) is 14.8 Å². The van der Waals surface area contributed by atoms with Crippen LogP contribution in [0.25, 0.3) is 10.9 Å². The van der Waals surface area contributed by atoms with E-state index >= 15 is 0 Å². The molecule has 0 spiro atoms. The summed E-state index contributed by atoms with van der Waals surface area (Å²) in [7, 11) is 0. The van der Waals surface area contributed by atoms with Crippen LogP contribution in [0.5, 0.6) is 0 Å². The zero-order chi connectivity index (χ0) is 23.7. The molecule has 6 N–H and O–H groups in total. The number of nitrogens with zero attached hydrogens (tertiary/aromatic N) is 3. The first-order valence-corrected chi connectivity index (χ1v) is 10.8. The first kappa shape index (κ1) is 22.8. The van der Waals surface area contributed by atoms with Gasteiger partial charge in [-0.15, -0.1) is 0 Å². The minimum Gasteiger partial charge on any atom is -0.365 e. The molecule has 0 radical (unpaired) electrons. The lowest BCUT2D eigenvalue weighted by Crippen LogP contribution is -2.43. The molecular formula is C22H26F3N7O. The van der Waals surface area contributed by atoms with Crippen LogP contribution in [-0.4, -0.2) is 39.2 Å². The van der Waals surface area contributed by atoms with Gasteiger partial charge in [-0.3, -0.25) is 9.48 Å². The summed E-state index contributed by atoms with van der Waals surface area (Å²) in [5.41, 5.74) is 13.1. The number of hydrogen-bond donors (Lipinski definition) is 4. The monoisotopic (exact) mass is 461 g/mol. The number of halogens is 3. The van der Waals surface area contributed by atoms with E-state index in [-0.39, 0.29) is 29.3 Å². The van der Waals surface area contributed by atoms with Gasteiger partial charge in [0.15, 0.2) is 11.6 Å². The van der Waals surface area contributed by atoms with E-state index in [9.17, 15) is 18.0 Å². The van der Waals surface area contributed by atoms with Crippen LogP contribution in [0.4, 0.5) is 30.5 Å². The molecule has 3 aromatic rings. The second kappa shape index (κ2) is 9.26. The summed E-state index contributed by atoms with van der Waals surface area (Å²) in [5, 5.41) is 10.9. The van der Waals surface area contributed by atoms with Gasteiger partial charge in [-0.1, -0.05) is 12.8 Å². The second-order valence-corrected chi connectivity index (χ2v) is 8.29. The molecule has 11 heteroatoms. The van der Waals surface area contributed by atoms with Crippen molar-refractivity contribution in [3.63, 3.8) is 0 Å². The van der Waals surface area contributed by atoms with Gasteiger partial charge in [-0.25, -0.2) is 18.2 Å². The lowest BCUT2D eigenvalue weighted by molar-refractivity contribution is 0.1000. The van der Waals surface area contributed by atoms with Crippen LogP contribution in [0.1, 0.15) is 41.7 Å². The number of aromatic nitrogens is 3. The number of nitrogens with two attached hydrogens (primary N) is 2. The molecule has 1 aliphatic carbocycles. The summed E-state index contributed by atoms with van der Waals surface area (Å²) >= 11 is 0. The first-order chi connectivity index (χ1) is 15.7. The van der Waals surface area contributed by atoms with Crippen LogP contribution in [-0.2, 0) is 6.54 Å². The molecule has 33 heavy (non-hydrogen) atoms. The van der Waals surface area contributed by atoms with Crippen molar-refractivity contribution in [2.75, 3.05) is 10.6 Å². The van der Waals surface area contributed by atoms with Gasteiger partial charge in [0.1, 0.15) is 12.4 Å². The number of nitrogens with one attached hydrogen (secondary N) is 2. The van der Waals surface area contributed by atoms with Gasteiger partial charge in [0.2, 0.25) is 0 Å². The topological polar surface area (TPSA) is 124 Å². The minimum absolute atomic E-state index is 0.0214.